The number of benzene rings is 2. The molecule has 140 valence electrons. The van der Waals surface area contributed by atoms with E-state index in [1.54, 1.807) is 42.5 Å². The molecule has 0 atom stereocenters. The maximum atomic E-state index is 12.2. The number of esters is 1. The highest BCUT2D eigenvalue weighted by molar-refractivity contribution is 6.36. The molecule has 0 spiro atoms. The van der Waals surface area contributed by atoms with Gasteiger partial charge in [-0.2, -0.15) is 5.10 Å². The first-order valence-corrected chi connectivity index (χ1v) is 8.79. The molecule has 8 heteroatoms. The van der Waals surface area contributed by atoms with Gasteiger partial charge in [-0.25, -0.2) is 10.2 Å². The van der Waals surface area contributed by atoms with Gasteiger partial charge in [0.25, 0.3) is 5.91 Å². The van der Waals surface area contributed by atoms with E-state index in [0.29, 0.717) is 21.9 Å². The fraction of sp³-hybridized carbons (Fsp3) is 0. The zero-order valence-electron chi connectivity index (χ0n) is 14.3. The van der Waals surface area contributed by atoms with Crippen LogP contribution >= 0.6 is 23.2 Å². The number of ether oxygens (including phenoxy) is 1. The van der Waals surface area contributed by atoms with Gasteiger partial charge in [-0.15, -0.1) is 0 Å². The summed E-state index contributed by atoms with van der Waals surface area (Å²) in [5.41, 5.74) is 3.80. The first-order valence-electron chi connectivity index (χ1n) is 8.03. The SMILES string of the molecule is O=C(NN=Cc1ccc(OC(=O)c2ccc(Cl)cc2Cl)cc1)c1ccncc1. The maximum absolute atomic E-state index is 12.2. The first kappa shape index (κ1) is 19.5. The summed E-state index contributed by atoms with van der Waals surface area (Å²) < 4.78 is 5.29. The monoisotopic (exact) mass is 413 g/mol. The van der Waals surface area contributed by atoms with Crippen molar-refractivity contribution in [1.82, 2.24) is 10.4 Å². The van der Waals surface area contributed by atoms with Gasteiger partial charge in [-0.3, -0.25) is 9.78 Å². The third kappa shape index (κ3) is 5.16. The average molecular weight is 414 g/mol. The molecule has 1 N–H and O–H groups in total. The van der Waals surface area contributed by atoms with E-state index in [-0.39, 0.29) is 16.5 Å². The fourth-order valence-corrected chi connectivity index (χ4v) is 2.66. The second-order valence-electron chi connectivity index (χ2n) is 5.52. The molecule has 28 heavy (non-hydrogen) atoms. The molecule has 0 aliphatic rings. The van der Waals surface area contributed by atoms with Crippen molar-refractivity contribution in [1.29, 1.82) is 0 Å². The molecule has 1 heterocycles. The topological polar surface area (TPSA) is 80.6 Å². The zero-order valence-corrected chi connectivity index (χ0v) is 15.8. The molecule has 0 bridgehead atoms. The molecular weight excluding hydrogens is 401 g/mol. The Morgan fingerprint density at radius 1 is 1.00 bits per heavy atom. The van der Waals surface area contributed by atoms with Crippen LogP contribution in [-0.4, -0.2) is 23.1 Å². The number of hydrazone groups is 1. The Morgan fingerprint density at radius 2 is 1.71 bits per heavy atom. The minimum absolute atomic E-state index is 0.214. The second kappa shape index (κ2) is 9.12. The zero-order chi connectivity index (χ0) is 19.9. The Hall–Kier alpha value is -3.22. The molecule has 6 nitrogen and oxygen atoms in total. The largest absolute Gasteiger partial charge is 0.423 e. The van der Waals surface area contributed by atoms with Crippen LogP contribution in [0.5, 0.6) is 5.75 Å². The molecule has 1 amide bonds. The molecule has 0 aliphatic carbocycles. The summed E-state index contributed by atoms with van der Waals surface area (Å²) in [4.78, 5) is 27.9. The summed E-state index contributed by atoms with van der Waals surface area (Å²) >= 11 is 11.8. The number of aromatic nitrogens is 1. The van der Waals surface area contributed by atoms with Crippen LogP contribution in [-0.2, 0) is 0 Å². The molecule has 2 aromatic carbocycles. The van der Waals surface area contributed by atoms with Gasteiger partial charge >= 0.3 is 5.97 Å². The minimum atomic E-state index is -0.590. The van der Waals surface area contributed by atoms with Crippen molar-refractivity contribution in [2.45, 2.75) is 0 Å². The third-order valence-electron chi connectivity index (χ3n) is 3.56. The third-order valence-corrected chi connectivity index (χ3v) is 4.11. The number of pyridine rings is 1. The van der Waals surface area contributed by atoms with Crippen LogP contribution < -0.4 is 10.2 Å². The Kier molecular flexibility index (Phi) is 6.37. The summed E-state index contributed by atoms with van der Waals surface area (Å²) in [6.45, 7) is 0. The number of hydrogen-bond acceptors (Lipinski definition) is 5. The van der Waals surface area contributed by atoms with Crippen LogP contribution in [0.2, 0.25) is 10.0 Å². The van der Waals surface area contributed by atoms with Crippen molar-refractivity contribution in [3.63, 3.8) is 0 Å². The van der Waals surface area contributed by atoms with E-state index in [0.717, 1.165) is 0 Å². The molecule has 0 saturated heterocycles. The first-order chi connectivity index (χ1) is 13.5. The van der Waals surface area contributed by atoms with Crippen LogP contribution in [0.15, 0.2) is 72.1 Å². The molecular formula is C20H13Cl2N3O3. The number of carbonyl (C=O) groups is 2. The summed E-state index contributed by atoms with van der Waals surface area (Å²) in [5.74, 6) is -0.592. The normalized spacial score (nSPS) is 10.6. The Bertz CT molecular complexity index is 1020. The lowest BCUT2D eigenvalue weighted by atomic mass is 10.2. The van der Waals surface area contributed by atoms with Crippen LogP contribution in [0.25, 0.3) is 0 Å². The van der Waals surface area contributed by atoms with Crippen molar-refractivity contribution < 1.29 is 14.3 Å². The Labute approximate surface area is 170 Å². The highest BCUT2D eigenvalue weighted by Gasteiger charge is 2.13. The summed E-state index contributed by atoms with van der Waals surface area (Å²) in [5, 5.41) is 4.54. The quantitative estimate of drug-likeness (QED) is 0.291. The number of amides is 1. The summed E-state index contributed by atoms with van der Waals surface area (Å²) in [7, 11) is 0. The maximum Gasteiger partial charge on any atom is 0.345 e. The van der Waals surface area contributed by atoms with Gasteiger partial charge in [0.05, 0.1) is 16.8 Å². The Balaban J connectivity index is 1.59. The van der Waals surface area contributed by atoms with E-state index in [4.69, 9.17) is 27.9 Å². The van der Waals surface area contributed by atoms with Crippen LogP contribution in [0, 0.1) is 0 Å². The van der Waals surface area contributed by atoms with Gasteiger partial charge in [0.15, 0.2) is 0 Å². The number of hydrogen-bond donors (Lipinski definition) is 1. The predicted molar refractivity (Wildman–Crippen MR) is 107 cm³/mol. The fourth-order valence-electron chi connectivity index (χ4n) is 2.17. The summed E-state index contributed by atoms with van der Waals surface area (Å²) in [6.07, 6.45) is 4.52. The van der Waals surface area contributed by atoms with Gasteiger partial charge in [-0.05, 0) is 60.2 Å². The lowest BCUT2D eigenvalue weighted by Crippen LogP contribution is -2.17. The van der Waals surface area contributed by atoms with E-state index in [9.17, 15) is 9.59 Å². The van der Waals surface area contributed by atoms with Gasteiger partial charge in [0, 0.05) is 23.0 Å². The van der Waals surface area contributed by atoms with Crippen molar-refractivity contribution in [2.24, 2.45) is 5.10 Å². The van der Waals surface area contributed by atoms with E-state index < -0.39 is 5.97 Å². The van der Waals surface area contributed by atoms with Gasteiger partial charge < -0.3 is 4.74 Å². The Morgan fingerprint density at radius 3 is 2.39 bits per heavy atom. The molecule has 0 fully saturated rings. The smallest absolute Gasteiger partial charge is 0.345 e. The molecule has 0 radical (unpaired) electrons. The van der Waals surface area contributed by atoms with Crippen molar-refractivity contribution in [2.75, 3.05) is 0 Å². The number of carbonyl (C=O) groups excluding carboxylic acids is 2. The van der Waals surface area contributed by atoms with Gasteiger partial charge in [0.1, 0.15) is 5.75 Å². The molecule has 0 saturated carbocycles. The van der Waals surface area contributed by atoms with Crippen molar-refractivity contribution >= 4 is 41.3 Å². The number of rotatable bonds is 5. The predicted octanol–water partition coefficient (Wildman–Crippen LogP) is 4.37. The lowest BCUT2D eigenvalue weighted by Gasteiger charge is -2.06. The summed E-state index contributed by atoms with van der Waals surface area (Å²) in [6, 6.07) is 14.3. The molecule has 1 aromatic heterocycles. The van der Waals surface area contributed by atoms with Crippen LogP contribution in [0.3, 0.4) is 0 Å². The lowest BCUT2D eigenvalue weighted by molar-refractivity contribution is 0.0734. The molecule has 3 rings (SSSR count). The molecule has 0 aliphatic heterocycles. The minimum Gasteiger partial charge on any atom is -0.423 e. The van der Waals surface area contributed by atoms with E-state index in [1.807, 2.05) is 0 Å². The number of nitrogens with one attached hydrogen (secondary N) is 1. The van der Waals surface area contributed by atoms with E-state index >= 15 is 0 Å². The van der Waals surface area contributed by atoms with Crippen molar-refractivity contribution in [3.8, 4) is 5.75 Å². The average Bonchev–Trinajstić information content (AvgIpc) is 2.69. The van der Waals surface area contributed by atoms with Crippen LogP contribution in [0.1, 0.15) is 26.3 Å². The molecule has 3 aromatic rings. The standard InChI is InChI=1S/C20H13Cl2N3O3/c21-15-3-6-17(18(22)11-15)20(27)28-16-4-1-13(2-5-16)12-24-25-19(26)14-7-9-23-10-8-14/h1-12H,(H,25,26). The second-order valence-corrected chi connectivity index (χ2v) is 6.36. The molecule has 0 unspecified atom stereocenters. The number of nitrogens with zero attached hydrogens (tertiary/aromatic N) is 2. The van der Waals surface area contributed by atoms with Crippen LogP contribution in [0.4, 0.5) is 0 Å². The van der Waals surface area contributed by atoms with E-state index in [2.05, 4.69) is 15.5 Å². The highest BCUT2D eigenvalue weighted by Crippen LogP contribution is 2.22. The van der Waals surface area contributed by atoms with Gasteiger partial charge in [-0.1, -0.05) is 23.2 Å². The van der Waals surface area contributed by atoms with E-state index in [1.165, 1.54) is 30.7 Å². The highest BCUT2D eigenvalue weighted by atomic mass is 35.5. The van der Waals surface area contributed by atoms with Crippen molar-refractivity contribution in [3.05, 3.63) is 93.7 Å². The van der Waals surface area contributed by atoms with Gasteiger partial charge in [0.2, 0.25) is 0 Å². The number of halogens is 2.